The molecule has 47 heavy (non-hydrogen) atoms. The Morgan fingerprint density at radius 2 is 1.77 bits per heavy atom. The summed E-state index contributed by atoms with van der Waals surface area (Å²) in [4.78, 5) is 26.5. The second kappa shape index (κ2) is 14.0. The minimum absolute atomic E-state index is 0.0241. The van der Waals surface area contributed by atoms with Crippen LogP contribution in [0.2, 0.25) is 5.02 Å². The van der Waals surface area contributed by atoms with Crippen LogP contribution in [0.15, 0.2) is 79.0 Å². The van der Waals surface area contributed by atoms with Crippen molar-refractivity contribution < 1.29 is 36.6 Å². The average Bonchev–Trinajstić information content (AvgIpc) is 3.04. The summed E-state index contributed by atoms with van der Waals surface area (Å²) in [6.45, 7) is 1.40. The van der Waals surface area contributed by atoms with Gasteiger partial charge >= 0.3 is 18.1 Å². The third-order valence-electron chi connectivity index (χ3n) is 8.23. The van der Waals surface area contributed by atoms with Crippen molar-refractivity contribution in [3.8, 4) is 22.3 Å². The summed E-state index contributed by atoms with van der Waals surface area (Å²) in [5.41, 5.74) is 3.23. The molecular weight excluding hydrogens is 638 g/mol. The molecule has 2 heterocycles. The Bertz CT molecular complexity index is 1800. The number of nitrogens with zero attached hydrogens (tertiary/aromatic N) is 2. The molecule has 0 saturated heterocycles. The minimum atomic E-state index is -5.33. The van der Waals surface area contributed by atoms with Crippen molar-refractivity contribution in [1.29, 1.82) is 0 Å². The van der Waals surface area contributed by atoms with E-state index in [9.17, 15) is 32.4 Å². The van der Waals surface area contributed by atoms with E-state index in [0.29, 0.717) is 45.1 Å². The molecule has 0 spiro atoms. The molecule has 7 nitrogen and oxygen atoms in total. The molecule has 0 radical (unpaired) electrons. The van der Waals surface area contributed by atoms with Gasteiger partial charge in [0.25, 0.3) is 0 Å². The van der Waals surface area contributed by atoms with Gasteiger partial charge in [0.15, 0.2) is 11.9 Å². The Hall–Kier alpha value is -4.64. The molecule has 0 saturated carbocycles. The molecule has 2 bridgehead atoms. The predicted octanol–water partition coefficient (Wildman–Crippen LogP) is 8.02. The Morgan fingerprint density at radius 3 is 2.47 bits per heavy atom. The SMILES string of the molecule is CCOC(=O)C1CCCCC(c2ccc(-c3cc(Cl)ccc3NC)c[n+]2[O-])c2cccc(c2)-c2cc(F)ccc2N1C(=O)C(F)(F)F. The molecule has 1 amide bonds. The number of aromatic nitrogens is 1. The van der Waals surface area contributed by atoms with Gasteiger partial charge in [-0.3, -0.25) is 9.69 Å². The van der Waals surface area contributed by atoms with Gasteiger partial charge in [0.05, 0.1) is 18.2 Å². The number of nitrogens with one attached hydrogen (secondary N) is 1. The number of amides is 1. The van der Waals surface area contributed by atoms with E-state index in [1.165, 1.54) is 13.1 Å². The van der Waals surface area contributed by atoms with E-state index in [4.69, 9.17) is 16.3 Å². The number of alkyl halides is 3. The summed E-state index contributed by atoms with van der Waals surface area (Å²) in [5.74, 6) is -4.48. The van der Waals surface area contributed by atoms with Crippen LogP contribution in [0.25, 0.3) is 22.3 Å². The number of pyridine rings is 1. The fourth-order valence-electron chi connectivity index (χ4n) is 6.09. The van der Waals surface area contributed by atoms with E-state index >= 15 is 0 Å². The summed E-state index contributed by atoms with van der Waals surface area (Å²) in [5, 5.41) is 17.2. The number of ether oxygens (including phenoxy) is 1. The number of halogens is 5. The maximum Gasteiger partial charge on any atom is 0.471 e. The maximum atomic E-state index is 14.7. The average molecular weight is 670 g/mol. The summed E-state index contributed by atoms with van der Waals surface area (Å²) < 4.78 is 62.7. The van der Waals surface area contributed by atoms with Gasteiger partial charge in [-0.05, 0) is 73.4 Å². The fourth-order valence-corrected chi connectivity index (χ4v) is 6.26. The number of carbonyl (C=O) groups is 2. The van der Waals surface area contributed by atoms with Gasteiger partial charge in [0.1, 0.15) is 11.9 Å². The monoisotopic (exact) mass is 669 g/mol. The molecule has 1 aromatic heterocycles. The number of rotatable bonds is 5. The Morgan fingerprint density at radius 1 is 1.00 bits per heavy atom. The molecule has 1 aliphatic rings. The highest BCUT2D eigenvalue weighted by molar-refractivity contribution is 6.31. The predicted molar refractivity (Wildman–Crippen MR) is 172 cm³/mol. The molecule has 12 heteroatoms. The fraction of sp³-hybridized carbons (Fsp3) is 0.286. The first-order chi connectivity index (χ1) is 22.4. The number of benzene rings is 3. The van der Waals surface area contributed by atoms with Crippen LogP contribution in [0.3, 0.4) is 0 Å². The normalized spacial score (nSPS) is 16.8. The van der Waals surface area contributed by atoms with Crippen molar-refractivity contribution in [2.75, 3.05) is 23.9 Å². The summed E-state index contributed by atoms with van der Waals surface area (Å²) in [6.07, 6.45) is -3.01. The van der Waals surface area contributed by atoms with E-state index in [1.54, 1.807) is 49.5 Å². The van der Waals surface area contributed by atoms with Gasteiger partial charge in [-0.1, -0.05) is 48.7 Å². The first-order valence-electron chi connectivity index (χ1n) is 15.1. The van der Waals surface area contributed by atoms with Crippen LogP contribution in [-0.4, -0.2) is 37.7 Å². The second-order valence-electron chi connectivity index (χ2n) is 11.2. The van der Waals surface area contributed by atoms with Crippen LogP contribution in [0, 0.1) is 11.0 Å². The number of esters is 1. The highest BCUT2D eigenvalue weighted by atomic mass is 35.5. The Balaban J connectivity index is 1.66. The maximum absolute atomic E-state index is 14.7. The lowest BCUT2D eigenvalue weighted by Gasteiger charge is -2.33. The van der Waals surface area contributed by atoms with Crippen LogP contribution in [-0.2, 0) is 14.3 Å². The second-order valence-corrected chi connectivity index (χ2v) is 11.6. The van der Waals surface area contributed by atoms with Crippen molar-refractivity contribution >= 4 is 34.9 Å². The molecule has 246 valence electrons. The van der Waals surface area contributed by atoms with Gasteiger partial charge < -0.3 is 15.3 Å². The van der Waals surface area contributed by atoms with Crippen LogP contribution in [0.4, 0.5) is 28.9 Å². The number of fused-ring (bicyclic) bond motifs is 4. The van der Waals surface area contributed by atoms with Gasteiger partial charge in [-0.2, -0.15) is 17.9 Å². The van der Waals surface area contributed by atoms with Crippen LogP contribution in [0.1, 0.15) is 49.8 Å². The summed E-state index contributed by atoms with van der Waals surface area (Å²) in [6, 6.07) is 17.0. The van der Waals surface area contributed by atoms with Crippen LogP contribution < -0.4 is 14.9 Å². The van der Waals surface area contributed by atoms with Crippen molar-refractivity contribution in [3.63, 3.8) is 0 Å². The molecule has 0 aliphatic carbocycles. The zero-order chi connectivity index (χ0) is 33.9. The number of anilines is 2. The standard InChI is InChI=1S/C35H32ClF4N3O4/c1-3-47-33(44)32-10-5-4-9-26(30-15-11-23(20-42(30)46)27-18-24(36)12-14-29(27)41-2)21-7-6-8-22(17-21)28-19-25(37)13-16-31(28)43(32)34(45)35(38,39)40/h6-8,11-20,26,32,41H,3-5,9-10H2,1-2H3. The largest absolute Gasteiger partial charge is 0.618 e. The molecule has 2 unspecified atom stereocenters. The van der Waals surface area contributed by atoms with E-state index in [2.05, 4.69) is 5.32 Å². The van der Waals surface area contributed by atoms with Crippen molar-refractivity contribution in [3.05, 3.63) is 106 Å². The highest BCUT2D eigenvalue weighted by Crippen LogP contribution is 2.40. The lowest BCUT2D eigenvalue weighted by molar-refractivity contribution is -0.614. The number of hydrogen-bond donors (Lipinski definition) is 1. The quantitative estimate of drug-likeness (QED) is 0.101. The molecule has 0 fully saturated rings. The number of carbonyl (C=O) groups excluding carboxylic acids is 2. The summed E-state index contributed by atoms with van der Waals surface area (Å²) >= 11 is 6.24. The molecule has 3 aromatic carbocycles. The van der Waals surface area contributed by atoms with Gasteiger partial charge in [0, 0.05) is 40.5 Å². The molecular formula is C35H32ClF4N3O4. The third kappa shape index (κ3) is 7.20. The smallest absolute Gasteiger partial charge is 0.471 e. The molecule has 4 aromatic rings. The molecule has 1 N–H and O–H groups in total. The minimum Gasteiger partial charge on any atom is -0.618 e. The zero-order valence-corrected chi connectivity index (χ0v) is 26.4. The lowest BCUT2D eigenvalue weighted by Crippen LogP contribution is -2.51. The van der Waals surface area contributed by atoms with Gasteiger partial charge in [-0.15, -0.1) is 0 Å². The van der Waals surface area contributed by atoms with Gasteiger partial charge in [0.2, 0.25) is 0 Å². The topological polar surface area (TPSA) is 85.6 Å². The third-order valence-corrected chi connectivity index (χ3v) is 8.47. The Labute approximate surface area is 274 Å². The van der Waals surface area contributed by atoms with E-state index in [1.807, 2.05) is 12.1 Å². The first kappa shape index (κ1) is 33.7. The molecule has 2 atom stereocenters. The van der Waals surface area contributed by atoms with E-state index in [-0.39, 0.29) is 30.7 Å². The van der Waals surface area contributed by atoms with Crippen molar-refractivity contribution in [1.82, 2.24) is 0 Å². The highest BCUT2D eigenvalue weighted by Gasteiger charge is 2.48. The van der Waals surface area contributed by atoms with Gasteiger partial charge in [-0.25, -0.2) is 9.18 Å². The van der Waals surface area contributed by atoms with Crippen LogP contribution in [0.5, 0.6) is 0 Å². The number of hydrogen-bond acceptors (Lipinski definition) is 5. The van der Waals surface area contributed by atoms with Crippen molar-refractivity contribution in [2.45, 2.75) is 50.7 Å². The van der Waals surface area contributed by atoms with Crippen LogP contribution >= 0.6 is 11.6 Å². The molecule has 5 rings (SSSR count). The molecule has 1 aliphatic heterocycles. The lowest BCUT2D eigenvalue weighted by atomic mass is 9.86. The summed E-state index contributed by atoms with van der Waals surface area (Å²) in [7, 11) is 1.76. The van der Waals surface area contributed by atoms with E-state index < -0.39 is 35.8 Å². The first-order valence-corrected chi connectivity index (χ1v) is 15.5. The van der Waals surface area contributed by atoms with E-state index in [0.717, 1.165) is 34.2 Å². The van der Waals surface area contributed by atoms with Crippen molar-refractivity contribution in [2.24, 2.45) is 0 Å². The Kier molecular flexibility index (Phi) is 10.0. The zero-order valence-electron chi connectivity index (χ0n) is 25.6.